The fraction of sp³-hybridized carbons (Fsp3) is 0.100. The van der Waals surface area contributed by atoms with Gasteiger partial charge in [0, 0.05) is 18.3 Å². The van der Waals surface area contributed by atoms with Crippen LogP contribution in [-0.2, 0) is 0 Å². The molecule has 0 amide bonds. The summed E-state index contributed by atoms with van der Waals surface area (Å²) < 4.78 is 0. The van der Waals surface area contributed by atoms with Gasteiger partial charge in [-0.1, -0.05) is 54.6 Å². The number of allylic oxidation sites excluding steroid dienone is 5. The molecule has 0 fully saturated rings. The van der Waals surface area contributed by atoms with E-state index in [1.807, 2.05) is 48.6 Å². The number of hydrogen-bond donors (Lipinski definition) is 1. The highest BCUT2D eigenvalue weighted by Crippen LogP contribution is 2.59. The van der Waals surface area contributed by atoms with E-state index in [0.29, 0.717) is 0 Å². The Kier molecular flexibility index (Phi) is 4.55. The van der Waals surface area contributed by atoms with E-state index < -0.39 is 7.14 Å². The summed E-state index contributed by atoms with van der Waals surface area (Å²) in [6.45, 7) is 2.16. The smallest absolute Gasteiger partial charge is 0.378 e. The van der Waals surface area contributed by atoms with Crippen LogP contribution in [0.3, 0.4) is 0 Å². The van der Waals surface area contributed by atoms with Gasteiger partial charge in [0.05, 0.1) is 22.5 Å². The normalized spacial score (nSPS) is 17.3. The van der Waals surface area contributed by atoms with Crippen molar-refractivity contribution in [3.05, 3.63) is 96.3 Å². The molecule has 3 rings (SSSR count). The fourth-order valence-electron chi connectivity index (χ4n) is 3.11. The average molecular weight is 317 g/mol. The maximum absolute atomic E-state index is 9.51. The van der Waals surface area contributed by atoms with Crippen molar-refractivity contribution < 1.29 is 5.11 Å². The molecule has 0 bridgehead atoms. The molecule has 1 N–H and O–H groups in total. The summed E-state index contributed by atoms with van der Waals surface area (Å²) in [7, 11) is 4.99. The molecule has 1 nitrogen and oxygen atoms in total. The lowest BCUT2D eigenvalue weighted by atomic mass is 10.1. The first-order valence-corrected chi connectivity index (χ1v) is 9.62. The summed E-state index contributed by atoms with van der Waals surface area (Å²) in [5.74, 6) is 0. The Morgan fingerprint density at radius 1 is 0.957 bits per heavy atom. The summed E-state index contributed by atoms with van der Waals surface area (Å²) in [6, 6.07) is 20.6. The molecule has 112 valence electrons. The summed E-state index contributed by atoms with van der Waals surface area (Å²) in [6.07, 6.45) is 7.12. The van der Waals surface area contributed by atoms with Crippen molar-refractivity contribution in [2.45, 2.75) is 12.6 Å². The second kappa shape index (κ2) is 6.60. The average Bonchev–Trinajstić information content (AvgIpc) is 3.10. The minimum Gasteiger partial charge on any atom is -0.515 e. The standard InChI is InChI=1S/C20H19BOP/c1-16(20-14-8-9-17(20)15-22)23(21,18-10-4-2-5-11-18)19-12-6-3-7-13-19/h2-16,22H,1H3/q+1/b17-15-/t16-/m0/s1. The third-order valence-corrected chi connectivity index (χ3v) is 8.26. The third kappa shape index (κ3) is 2.80. The van der Waals surface area contributed by atoms with E-state index in [0.717, 1.165) is 11.1 Å². The molecular formula is C20H19BOP+. The molecular weight excluding hydrogens is 298 g/mol. The molecule has 0 aromatic heterocycles. The van der Waals surface area contributed by atoms with Gasteiger partial charge in [0.15, 0.2) is 0 Å². The zero-order valence-electron chi connectivity index (χ0n) is 13.1. The first-order valence-electron chi connectivity index (χ1n) is 7.69. The largest absolute Gasteiger partial charge is 0.515 e. The van der Waals surface area contributed by atoms with E-state index >= 15 is 0 Å². The number of rotatable bonds is 4. The van der Waals surface area contributed by atoms with Gasteiger partial charge in [0.2, 0.25) is 0 Å². The van der Waals surface area contributed by atoms with Crippen LogP contribution in [-0.4, -0.2) is 18.3 Å². The van der Waals surface area contributed by atoms with Crippen molar-refractivity contribution in [1.29, 1.82) is 0 Å². The number of aliphatic hydroxyl groups excluding tert-OH is 1. The summed E-state index contributed by atoms with van der Waals surface area (Å²) in [5.41, 5.74) is 2.05. The van der Waals surface area contributed by atoms with Gasteiger partial charge in [0.25, 0.3) is 0 Å². The molecule has 0 unspecified atom stereocenters. The Hall–Kier alpha value is -2.05. The Morgan fingerprint density at radius 2 is 1.48 bits per heavy atom. The fourth-order valence-corrected chi connectivity index (χ4v) is 6.31. The Bertz CT molecular complexity index is 723. The van der Waals surface area contributed by atoms with E-state index in [2.05, 4.69) is 37.3 Å². The Balaban J connectivity index is 2.14. The van der Waals surface area contributed by atoms with Gasteiger partial charge in [-0.2, -0.15) is 0 Å². The van der Waals surface area contributed by atoms with Gasteiger partial charge in [0.1, 0.15) is 0 Å². The molecule has 1 aliphatic rings. The third-order valence-electron chi connectivity index (χ3n) is 4.45. The van der Waals surface area contributed by atoms with E-state index in [1.165, 1.54) is 16.9 Å². The van der Waals surface area contributed by atoms with Gasteiger partial charge in [-0.3, -0.25) is 0 Å². The van der Waals surface area contributed by atoms with Crippen LogP contribution in [0, 0.1) is 0 Å². The second-order valence-corrected chi connectivity index (χ2v) is 9.05. The van der Waals surface area contributed by atoms with Gasteiger partial charge in [-0.05, 0) is 31.2 Å². The van der Waals surface area contributed by atoms with Crippen molar-refractivity contribution in [1.82, 2.24) is 0 Å². The Labute approximate surface area is 139 Å². The van der Waals surface area contributed by atoms with Crippen LogP contribution < -0.4 is 10.6 Å². The maximum Gasteiger partial charge on any atom is 0.378 e. The number of benzene rings is 2. The molecule has 0 heterocycles. The lowest BCUT2D eigenvalue weighted by molar-refractivity contribution is 0.470. The van der Waals surface area contributed by atoms with Gasteiger partial charge < -0.3 is 5.11 Å². The first kappa shape index (κ1) is 15.8. The quantitative estimate of drug-likeness (QED) is 0.512. The predicted molar refractivity (Wildman–Crippen MR) is 102 cm³/mol. The lowest BCUT2D eigenvalue weighted by Gasteiger charge is -2.31. The van der Waals surface area contributed by atoms with Crippen molar-refractivity contribution in [2.24, 2.45) is 0 Å². The highest BCUT2D eigenvalue weighted by Gasteiger charge is 2.45. The van der Waals surface area contributed by atoms with Crippen molar-refractivity contribution >= 4 is 25.3 Å². The molecule has 0 spiro atoms. The van der Waals surface area contributed by atoms with Gasteiger partial charge >= 0.3 is 7.57 Å². The number of hydrogen-bond acceptors (Lipinski definition) is 1. The summed E-state index contributed by atoms with van der Waals surface area (Å²) >= 11 is 0. The highest BCUT2D eigenvalue weighted by molar-refractivity contribution is 8.09. The molecule has 0 saturated carbocycles. The van der Waals surface area contributed by atoms with Crippen LogP contribution in [0.25, 0.3) is 0 Å². The minimum atomic E-state index is -2.13. The summed E-state index contributed by atoms with van der Waals surface area (Å²) in [5, 5.41) is 11.8. The first-order chi connectivity index (χ1) is 11.2. The second-order valence-electron chi connectivity index (χ2n) is 5.69. The van der Waals surface area contributed by atoms with E-state index in [9.17, 15) is 5.11 Å². The molecule has 2 aromatic carbocycles. The van der Waals surface area contributed by atoms with Gasteiger partial charge in [-0.15, -0.1) is 0 Å². The number of aliphatic hydroxyl groups is 1. The Morgan fingerprint density at radius 3 is 1.96 bits per heavy atom. The van der Waals surface area contributed by atoms with E-state index in [-0.39, 0.29) is 5.66 Å². The van der Waals surface area contributed by atoms with Crippen LogP contribution in [0.15, 0.2) is 96.3 Å². The summed E-state index contributed by atoms with van der Waals surface area (Å²) in [4.78, 5) is 0. The van der Waals surface area contributed by atoms with Crippen LogP contribution >= 0.6 is 7.14 Å². The van der Waals surface area contributed by atoms with E-state index in [1.54, 1.807) is 0 Å². The highest BCUT2D eigenvalue weighted by atomic mass is 31.2. The molecule has 1 atom stereocenters. The van der Waals surface area contributed by atoms with Crippen molar-refractivity contribution in [3.8, 4) is 0 Å². The van der Waals surface area contributed by atoms with Crippen molar-refractivity contribution in [3.63, 3.8) is 0 Å². The molecule has 2 radical (unpaired) electrons. The topological polar surface area (TPSA) is 20.2 Å². The van der Waals surface area contributed by atoms with Crippen LogP contribution in [0.5, 0.6) is 0 Å². The van der Waals surface area contributed by atoms with Crippen LogP contribution in [0.4, 0.5) is 0 Å². The molecule has 0 saturated heterocycles. The van der Waals surface area contributed by atoms with E-state index in [4.69, 9.17) is 7.57 Å². The van der Waals surface area contributed by atoms with Crippen LogP contribution in [0.1, 0.15) is 6.92 Å². The molecule has 0 aliphatic heterocycles. The lowest BCUT2D eigenvalue weighted by Crippen LogP contribution is -2.31. The SMILES string of the molecule is [B][P+](c1ccccc1)(c1ccccc1)[C@@H](C)C1=CC=C/C1=C/O. The zero-order chi connectivity index (χ0) is 16.3. The maximum atomic E-state index is 9.51. The minimum absolute atomic E-state index is 0.112. The van der Waals surface area contributed by atoms with Crippen molar-refractivity contribution in [2.75, 3.05) is 0 Å². The predicted octanol–water partition coefficient (Wildman–Crippen LogP) is 4.07. The zero-order valence-corrected chi connectivity index (χ0v) is 14.0. The van der Waals surface area contributed by atoms with Gasteiger partial charge in [-0.25, -0.2) is 0 Å². The monoisotopic (exact) mass is 317 g/mol. The molecule has 1 aliphatic carbocycles. The molecule has 3 heteroatoms. The molecule has 23 heavy (non-hydrogen) atoms. The van der Waals surface area contributed by atoms with Crippen LogP contribution in [0.2, 0.25) is 0 Å². The molecule has 2 aromatic rings.